The third-order valence-electron chi connectivity index (χ3n) is 6.04. The minimum absolute atomic E-state index is 0.0761. The Hall–Kier alpha value is -3.54. The Morgan fingerprint density at radius 1 is 1.06 bits per heavy atom. The van der Waals surface area contributed by atoms with Gasteiger partial charge in [0.25, 0.3) is 0 Å². The lowest BCUT2D eigenvalue weighted by atomic mass is 9.86. The molecule has 0 unspecified atom stereocenters. The van der Waals surface area contributed by atoms with Gasteiger partial charge in [0.15, 0.2) is 0 Å². The maximum Gasteiger partial charge on any atom is 0.339 e. The Kier molecular flexibility index (Phi) is 6.02. The van der Waals surface area contributed by atoms with Crippen LogP contribution < -0.4 is 15.7 Å². The van der Waals surface area contributed by atoms with Crippen molar-refractivity contribution in [3.8, 4) is 5.75 Å². The van der Waals surface area contributed by atoms with Crippen molar-refractivity contribution in [1.82, 2.24) is 5.32 Å². The Balaban J connectivity index is 1.53. The molecule has 0 saturated heterocycles. The van der Waals surface area contributed by atoms with E-state index in [0.29, 0.717) is 29.7 Å². The van der Waals surface area contributed by atoms with Crippen molar-refractivity contribution >= 4 is 27.8 Å². The molecule has 0 atom stereocenters. The summed E-state index contributed by atoms with van der Waals surface area (Å²) in [6.45, 7) is 8.73. The molecule has 0 bridgehead atoms. The number of aryl methyl sites for hydroxylation is 1. The van der Waals surface area contributed by atoms with Crippen LogP contribution in [-0.2, 0) is 23.2 Å². The molecule has 0 aliphatic heterocycles. The highest BCUT2D eigenvalue weighted by Crippen LogP contribution is 2.35. The van der Waals surface area contributed by atoms with Crippen LogP contribution in [0.3, 0.4) is 0 Å². The topological polar surface area (TPSA) is 81.7 Å². The van der Waals surface area contributed by atoms with Crippen molar-refractivity contribution in [3.63, 3.8) is 0 Å². The molecular weight excluding hydrogens is 418 g/mol. The quantitative estimate of drug-likeness (QED) is 0.400. The van der Waals surface area contributed by atoms with E-state index in [9.17, 15) is 9.59 Å². The Bertz CT molecular complexity index is 1370. The Morgan fingerprint density at radius 2 is 1.79 bits per heavy atom. The van der Waals surface area contributed by atoms with Gasteiger partial charge < -0.3 is 18.9 Å². The van der Waals surface area contributed by atoms with Crippen molar-refractivity contribution in [2.45, 2.75) is 52.5 Å². The first-order valence-corrected chi connectivity index (χ1v) is 11.0. The lowest BCUT2D eigenvalue weighted by Gasteiger charge is -2.16. The van der Waals surface area contributed by atoms with Gasteiger partial charge in [0.1, 0.15) is 16.9 Å². The number of hydrogen-bond acceptors (Lipinski definition) is 5. The number of carbonyl (C=O) groups excluding carboxylic acids is 1. The molecule has 6 nitrogen and oxygen atoms in total. The monoisotopic (exact) mass is 447 g/mol. The number of furan rings is 1. The van der Waals surface area contributed by atoms with Gasteiger partial charge in [-0.2, -0.15) is 0 Å². The van der Waals surface area contributed by atoms with Gasteiger partial charge in [-0.05, 0) is 48.1 Å². The minimum atomic E-state index is -0.412. The fraction of sp³-hybridized carbons (Fsp3) is 0.333. The minimum Gasteiger partial charge on any atom is -0.497 e. The van der Waals surface area contributed by atoms with Gasteiger partial charge in [-0.1, -0.05) is 32.9 Å². The lowest BCUT2D eigenvalue weighted by Crippen LogP contribution is -2.24. The van der Waals surface area contributed by atoms with Crippen molar-refractivity contribution in [1.29, 1.82) is 0 Å². The molecule has 0 saturated carbocycles. The fourth-order valence-electron chi connectivity index (χ4n) is 4.05. The molecule has 172 valence electrons. The normalized spacial score (nSPS) is 11.8. The Labute approximate surface area is 192 Å². The predicted molar refractivity (Wildman–Crippen MR) is 129 cm³/mol. The van der Waals surface area contributed by atoms with Gasteiger partial charge >= 0.3 is 5.63 Å². The van der Waals surface area contributed by atoms with Crippen molar-refractivity contribution < 1.29 is 18.4 Å². The third-order valence-corrected chi connectivity index (χ3v) is 6.04. The van der Waals surface area contributed by atoms with Gasteiger partial charge in [0.05, 0.1) is 13.4 Å². The van der Waals surface area contributed by atoms with Crippen LogP contribution in [0, 0.1) is 6.92 Å². The molecule has 1 amide bonds. The van der Waals surface area contributed by atoms with Gasteiger partial charge in [0, 0.05) is 40.9 Å². The maximum absolute atomic E-state index is 12.7. The fourth-order valence-corrected chi connectivity index (χ4v) is 4.05. The van der Waals surface area contributed by atoms with Gasteiger partial charge in [-0.15, -0.1) is 0 Å². The van der Waals surface area contributed by atoms with E-state index in [1.54, 1.807) is 19.4 Å². The van der Waals surface area contributed by atoms with Gasteiger partial charge in [-0.3, -0.25) is 4.79 Å². The van der Waals surface area contributed by atoms with Crippen LogP contribution >= 0.6 is 0 Å². The molecule has 0 radical (unpaired) electrons. The number of ether oxygens (including phenoxy) is 1. The smallest absolute Gasteiger partial charge is 0.339 e. The largest absolute Gasteiger partial charge is 0.497 e. The first kappa shape index (κ1) is 22.6. The third kappa shape index (κ3) is 4.65. The summed E-state index contributed by atoms with van der Waals surface area (Å²) < 4.78 is 16.5. The van der Waals surface area contributed by atoms with E-state index in [-0.39, 0.29) is 17.7 Å². The summed E-state index contributed by atoms with van der Waals surface area (Å²) in [5.41, 5.74) is 4.15. The standard InChI is InChI=1S/C27H29NO5/c1-16-19(10-11-25(29)28-14-17-6-8-18(31-5)9-7-17)26(30)33-24-13-23-21(12-20(16)24)22(15-32-23)27(2,3)4/h6-9,12-13,15H,10-11,14H2,1-5H3,(H,28,29). The van der Waals surface area contributed by atoms with E-state index in [2.05, 4.69) is 26.1 Å². The molecule has 0 fully saturated rings. The molecular formula is C27H29NO5. The van der Waals surface area contributed by atoms with E-state index in [0.717, 1.165) is 33.2 Å². The number of rotatable bonds is 6. The van der Waals surface area contributed by atoms with E-state index in [4.69, 9.17) is 13.6 Å². The SMILES string of the molecule is COc1ccc(CNC(=O)CCc2c(C)c3cc4c(C(C)(C)C)coc4cc3oc2=O)cc1. The number of carbonyl (C=O) groups is 1. The van der Waals surface area contributed by atoms with Crippen molar-refractivity contribution in [3.05, 3.63) is 75.3 Å². The summed E-state index contributed by atoms with van der Waals surface area (Å²) in [7, 11) is 1.61. The van der Waals surface area contributed by atoms with E-state index < -0.39 is 5.63 Å². The molecule has 4 rings (SSSR count). The van der Waals surface area contributed by atoms with Crippen LogP contribution in [0.15, 0.2) is 56.3 Å². The Morgan fingerprint density at radius 3 is 2.45 bits per heavy atom. The first-order chi connectivity index (χ1) is 15.7. The van der Waals surface area contributed by atoms with E-state index >= 15 is 0 Å². The summed E-state index contributed by atoms with van der Waals surface area (Å²) in [4.78, 5) is 25.1. The summed E-state index contributed by atoms with van der Waals surface area (Å²) in [5, 5.41) is 4.78. The van der Waals surface area contributed by atoms with Gasteiger partial charge in [0.2, 0.25) is 5.91 Å². The van der Waals surface area contributed by atoms with E-state index in [1.807, 2.05) is 37.3 Å². The number of amides is 1. The zero-order valence-corrected chi connectivity index (χ0v) is 19.7. The van der Waals surface area contributed by atoms with Crippen molar-refractivity contribution in [2.24, 2.45) is 0 Å². The second kappa shape index (κ2) is 8.77. The number of fused-ring (bicyclic) bond motifs is 2. The molecule has 33 heavy (non-hydrogen) atoms. The zero-order chi connectivity index (χ0) is 23.8. The molecule has 2 aromatic carbocycles. The number of hydrogen-bond donors (Lipinski definition) is 1. The van der Waals surface area contributed by atoms with Gasteiger partial charge in [-0.25, -0.2) is 4.79 Å². The second-order valence-electron chi connectivity index (χ2n) is 9.36. The molecule has 6 heteroatoms. The molecule has 0 spiro atoms. The number of benzene rings is 2. The summed E-state index contributed by atoms with van der Waals surface area (Å²) in [6, 6.07) is 11.3. The maximum atomic E-state index is 12.7. The first-order valence-electron chi connectivity index (χ1n) is 11.0. The molecule has 4 aromatic rings. The van der Waals surface area contributed by atoms with Crippen LogP contribution in [-0.4, -0.2) is 13.0 Å². The average Bonchev–Trinajstić information content (AvgIpc) is 3.20. The number of methoxy groups -OCH3 is 1. The molecule has 0 aliphatic rings. The molecule has 1 N–H and O–H groups in total. The van der Waals surface area contributed by atoms with Crippen LogP contribution in [0.5, 0.6) is 5.75 Å². The number of nitrogens with one attached hydrogen (secondary N) is 1. The summed E-state index contributed by atoms with van der Waals surface area (Å²) in [5.74, 6) is 0.649. The van der Waals surface area contributed by atoms with E-state index in [1.165, 1.54) is 0 Å². The molecule has 0 aliphatic carbocycles. The van der Waals surface area contributed by atoms with Crippen LogP contribution in [0.2, 0.25) is 0 Å². The van der Waals surface area contributed by atoms with Crippen molar-refractivity contribution in [2.75, 3.05) is 7.11 Å². The lowest BCUT2D eigenvalue weighted by molar-refractivity contribution is -0.121. The highest BCUT2D eigenvalue weighted by atomic mass is 16.5. The highest BCUT2D eigenvalue weighted by Gasteiger charge is 2.21. The van der Waals surface area contributed by atoms with Crippen LogP contribution in [0.4, 0.5) is 0 Å². The zero-order valence-electron chi connectivity index (χ0n) is 19.7. The highest BCUT2D eigenvalue weighted by molar-refractivity contribution is 5.96. The average molecular weight is 448 g/mol. The predicted octanol–water partition coefficient (Wildman–Crippen LogP) is 5.40. The summed E-state index contributed by atoms with van der Waals surface area (Å²) in [6.07, 6.45) is 2.29. The summed E-state index contributed by atoms with van der Waals surface area (Å²) >= 11 is 0. The van der Waals surface area contributed by atoms with Crippen LogP contribution in [0.25, 0.3) is 21.9 Å². The van der Waals surface area contributed by atoms with Crippen LogP contribution in [0.1, 0.15) is 49.4 Å². The molecule has 2 heterocycles. The molecule has 2 aromatic heterocycles. The second-order valence-corrected chi connectivity index (χ2v) is 9.36.